The predicted molar refractivity (Wildman–Crippen MR) is 57.6 cm³/mol. The summed E-state index contributed by atoms with van der Waals surface area (Å²) in [4.78, 5) is 27.9. The average Bonchev–Trinajstić information content (AvgIpc) is 2.32. The SMILES string of the molecule is Cc1sc2c(=O)[nH]c(=O)[nH]c2c1Br.[HH]. The van der Waals surface area contributed by atoms with Gasteiger partial charge < -0.3 is 4.98 Å². The van der Waals surface area contributed by atoms with Crippen molar-refractivity contribution in [1.29, 1.82) is 0 Å². The molecule has 0 saturated heterocycles. The molecule has 6 heteroatoms. The van der Waals surface area contributed by atoms with Gasteiger partial charge in [-0.1, -0.05) is 0 Å². The van der Waals surface area contributed by atoms with Gasteiger partial charge in [-0.05, 0) is 22.9 Å². The highest BCUT2D eigenvalue weighted by Gasteiger charge is 2.09. The van der Waals surface area contributed by atoms with Crippen molar-refractivity contribution >= 4 is 37.5 Å². The number of thiophene rings is 1. The van der Waals surface area contributed by atoms with E-state index in [1.54, 1.807) is 0 Å². The zero-order chi connectivity index (χ0) is 9.59. The van der Waals surface area contributed by atoms with Gasteiger partial charge in [-0.2, -0.15) is 0 Å². The molecule has 4 nitrogen and oxygen atoms in total. The van der Waals surface area contributed by atoms with Crippen molar-refractivity contribution in [2.24, 2.45) is 0 Å². The Hall–Kier alpha value is -0.880. The zero-order valence-corrected chi connectivity index (χ0v) is 9.01. The Morgan fingerprint density at radius 1 is 1.38 bits per heavy atom. The molecule has 0 aliphatic rings. The number of aryl methyl sites for hydroxylation is 1. The number of nitrogens with one attached hydrogen (secondary N) is 2. The van der Waals surface area contributed by atoms with E-state index < -0.39 is 5.69 Å². The van der Waals surface area contributed by atoms with E-state index in [-0.39, 0.29) is 6.99 Å². The normalized spacial score (nSPS) is 10.9. The fourth-order valence-corrected chi connectivity index (χ4v) is 2.67. The molecule has 0 spiro atoms. The van der Waals surface area contributed by atoms with Gasteiger partial charge in [0.15, 0.2) is 0 Å². The second-order valence-electron chi connectivity index (χ2n) is 2.58. The summed E-state index contributed by atoms with van der Waals surface area (Å²) in [5.74, 6) is 0. The van der Waals surface area contributed by atoms with E-state index in [1.165, 1.54) is 11.3 Å². The van der Waals surface area contributed by atoms with E-state index >= 15 is 0 Å². The van der Waals surface area contributed by atoms with E-state index in [0.29, 0.717) is 10.2 Å². The van der Waals surface area contributed by atoms with Gasteiger partial charge in [0.25, 0.3) is 5.56 Å². The topological polar surface area (TPSA) is 65.7 Å². The molecule has 2 N–H and O–H groups in total. The molecular weight excluding hydrogens is 256 g/mol. The first-order valence-corrected chi connectivity index (χ1v) is 5.11. The molecule has 2 aromatic heterocycles. The van der Waals surface area contributed by atoms with Gasteiger partial charge in [0.1, 0.15) is 4.70 Å². The molecule has 0 radical (unpaired) electrons. The second kappa shape index (κ2) is 2.81. The summed E-state index contributed by atoms with van der Waals surface area (Å²) in [7, 11) is 0. The average molecular weight is 263 g/mol. The van der Waals surface area contributed by atoms with E-state index in [4.69, 9.17) is 0 Å². The summed E-state index contributed by atoms with van der Waals surface area (Å²) < 4.78 is 1.33. The highest BCUT2D eigenvalue weighted by molar-refractivity contribution is 9.10. The number of aromatic amines is 2. The van der Waals surface area contributed by atoms with Crippen LogP contribution in [0.25, 0.3) is 10.2 Å². The summed E-state index contributed by atoms with van der Waals surface area (Å²) in [5, 5.41) is 0. The molecule has 0 fully saturated rings. The molecule has 0 aliphatic carbocycles. The van der Waals surface area contributed by atoms with Crippen molar-refractivity contribution in [3.63, 3.8) is 0 Å². The van der Waals surface area contributed by atoms with Gasteiger partial charge in [-0.15, -0.1) is 11.3 Å². The third kappa shape index (κ3) is 1.26. The van der Waals surface area contributed by atoms with Gasteiger partial charge in [0.2, 0.25) is 0 Å². The molecule has 0 aliphatic heterocycles. The van der Waals surface area contributed by atoms with Crippen LogP contribution >= 0.6 is 27.3 Å². The Morgan fingerprint density at radius 2 is 2.08 bits per heavy atom. The first kappa shape index (κ1) is 8.71. The van der Waals surface area contributed by atoms with Crippen LogP contribution in [0.4, 0.5) is 0 Å². The van der Waals surface area contributed by atoms with E-state index in [2.05, 4.69) is 25.9 Å². The van der Waals surface area contributed by atoms with E-state index in [0.717, 1.165) is 9.35 Å². The Labute approximate surface area is 86.2 Å². The summed E-state index contributed by atoms with van der Waals surface area (Å²) in [6.45, 7) is 1.88. The molecule has 2 aromatic rings. The molecule has 0 unspecified atom stereocenters. The van der Waals surface area contributed by atoms with E-state index in [9.17, 15) is 9.59 Å². The van der Waals surface area contributed by atoms with Gasteiger partial charge in [0, 0.05) is 6.30 Å². The molecule has 2 rings (SSSR count). The lowest BCUT2D eigenvalue weighted by Crippen LogP contribution is -2.20. The number of halogens is 1. The smallest absolute Gasteiger partial charge is 0.305 e. The third-order valence-corrected chi connectivity index (χ3v) is 4.04. The molecule has 70 valence electrons. The molecule has 0 saturated carbocycles. The lowest BCUT2D eigenvalue weighted by Gasteiger charge is -1.87. The monoisotopic (exact) mass is 262 g/mol. The van der Waals surface area contributed by atoms with Crippen LogP contribution in [0.1, 0.15) is 6.30 Å². The van der Waals surface area contributed by atoms with Gasteiger partial charge in [-0.3, -0.25) is 9.78 Å². The largest absolute Gasteiger partial charge is 0.326 e. The molecule has 0 bridgehead atoms. The number of hydrogen-bond acceptors (Lipinski definition) is 3. The number of aromatic nitrogens is 2. The van der Waals surface area contributed by atoms with Crippen LogP contribution in [0.3, 0.4) is 0 Å². The van der Waals surface area contributed by atoms with Crippen molar-refractivity contribution in [2.45, 2.75) is 6.92 Å². The maximum absolute atomic E-state index is 11.3. The molecule has 13 heavy (non-hydrogen) atoms. The number of hydrogen-bond donors (Lipinski definition) is 2. The zero-order valence-electron chi connectivity index (χ0n) is 6.60. The number of H-pyrrole nitrogens is 2. The lowest BCUT2D eigenvalue weighted by atomic mass is 10.4. The van der Waals surface area contributed by atoms with Crippen LogP contribution < -0.4 is 11.2 Å². The second-order valence-corrected chi connectivity index (χ2v) is 4.60. The van der Waals surface area contributed by atoms with Crippen molar-refractivity contribution in [2.75, 3.05) is 0 Å². The summed E-state index contributed by atoms with van der Waals surface area (Å²) in [6, 6.07) is 0. The molecule has 0 amide bonds. The van der Waals surface area contributed by atoms with Crippen molar-refractivity contribution < 1.29 is 1.43 Å². The quantitative estimate of drug-likeness (QED) is 0.758. The maximum atomic E-state index is 11.3. The first-order chi connectivity index (χ1) is 6.09. The van der Waals surface area contributed by atoms with Crippen LogP contribution in [0.15, 0.2) is 14.1 Å². The minimum Gasteiger partial charge on any atom is -0.305 e. The molecule has 0 aromatic carbocycles. The van der Waals surface area contributed by atoms with Crippen LogP contribution in [0.2, 0.25) is 0 Å². The fraction of sp³-hybridized carbons (Fsp3) is 0.143. The lowest BCUT2D eigenvalue weighted by molar-refractivity contribution is 1.09. The number of fused-ring (bicyclic) bond motifs is 1. The standard InChI is InChI=1S/C7H5BrN2O2S.H2/c1-2-3(8)4-5(13-2)6(11)10-7(12)9-4;/h1H3,(H2,9,10,11,12);1H. The molecule has 0 atom stereocenters. The van der Waals surface area contributed by atoms with Gasteiger partial charge >= 0.3 is 5.69 Å². The predicted octanol–water partition coefficient (Wildman–Crippen LogP) is 1.59. The van der Waals surface area contributed by atoms with Gasteiger partial charge in [0.05, 0.1) is 9.99 Å². The minimum atomic E-state index is -0.476. The summed E-state index contributed by atoms with van der Waals surface area (Å²) in [6.07, 6.45) is 0. The Kier molecular flexibility index (Phi) is 1.88. The summed E-state index contributed by atoms with van der Waals surface area (Å²) >= 11 is 4.66. The van der Waals surface area contributed by atoms with Crippen molar-refractivity contribution in [3.8, 4) is 0 Å². The minimum absolute atomic E-state index is 0. The molecular formula is C7H7BrN2O2S. The van der Waals surface area contributed by atoms with Crippen LogP contribution in [0.5, 0.6) is 0 Å². The fourth-order valence-electron chi connectivity index (χ4n) is 1.10. The highest BCUT2D eigenvalue weighted by atomic mass is 79.9. The maximum Gasteiger partial charge on any atom is 0.326 e. The van der Waals surface area contributed by atoms with Crippen LogP contribution in [0, 0.1) is 6.92 Å². The molecule has 2 heterocycles. The van der Waals surface area contributed by atoms with Crippen molar-refractivity contribution in [3.05, 3.63) is 30.2 Å². The van der Waals surface area contributed by atoms with Crippen LogP contribution in [-0.2, 0) is 0 Å². The van der Waals surface area contributed by atoms with Crippen LogP contribution in [-0.4, -0.2) is 9.97 Å². The number of rotatable bonds is 0. The Bertz CT molecular complexity index is 585. The van der Waals surface area contributed by atoms with Gasteiger partial charge in [-0.25, -0.2) is 4.79 Å². The van der Waals surface area contributed by atoms with Crippen molar-refractivity contribution in [1.82, 2.24) is 9.97 Å². The third-order valence-electron chi connectivity index (χ3n) is 1.68. The Balaban J connectivity index is 0.000000980. The van der Waals surface area contributed by atoms with E-state index in [1.807, 2.05) is 6.92 Å². The summed E-state index contributed by atoms with van der Waals surface area (Å²) in [5.41, 5.74) is -0.232. The highest BCUT2D eigenvalue weighted by Crippen LogP contribution is 2.30. The first-order valence-electron chi connectivity index (χ1n) is 3.51. The Morgan fingerprint density at radius 3 is 2.77 bits per heavy atom.